The Morgan fingerprint density at radius 2 is 1.88 bits per heavy atom. The molecule has 86 valence electrons. The van der Waals surface area contributed by atoms with Crippen LogP contribution in [0.2, 0.25) is 0 Å². The zero-order valence-electron chi connectivity index (χ0n) is 9.07. The second-order valence-corrected chi connectivity index (χ2v) is 4.40. The summed E-state index contributed by atoms with van der Waals surface area (Å²) in [6.07, 6.45) is 0. The van der Waals surface area contributed by atoms with Crippen molar-refractivity contribution in [2.45, 2.75) is 0 Å². The minimum absolute atomic E-state index is 0.686. The Labute approximate surface area is 106 Å². The van der Waals surface area contributed by atoms with E-state index in [-0.39, 0.29) is 0 Å². The van der Waals surface area contributed by atoms with E-state index in [1.54, 1.807) is 7.11 Å². The number of rotatable bonds is 2. The van der Waals surface area contributed by atoms with Gasteiger partial charge in [-0.15, -0.1) is 0 Å². The fourth-order valence-corrected chi connectivity index (χ4v) is 2.01. The van der Waals surface area contributed by atoms with E-state index in [0.717, 1.165) is 16.7 Å². The van der Waals surface area contributed by atoms with Crippen molar-refractivity contribution in [1.29, 1.82) is 0 Å². The third-order valence-electron chi connectivity index (χ3n) is 2.54. The van der Waals surface area contributed by atoms with Gasteiger partial charge in [-0.3, -0.25) is 0 Å². The van der Waals surface area contributed by atoms with Crippen LogP contribution in [0.4, 0.5) is 0 Å². The second kappa shape index (κ2) is 3.96. The number of ether oxygens (including phenoxy) is 1. The number of fused-ring (bicyclic) bond motifs is 1. The van der Waals surface area contributed by atoms with Gasteiger partial charge in [-0.2, -0.15) is 0 Å². The Kier molecular flexibility index (Phi) is 2.44. The number of furan rings is 2. The van der Waals surface area contributed by atoms with Gasteiger partial charge in [-0.1, -0.05) is 0 Å². The molecule has 0 atom stereocenters. The van der Waals surface area contributed by atoms with Gasteiger partial charge in [0, 0.05) is 11.5 Å². The molecule has 17 heavy (non-hydrogen) atoms. The lowest BCUT2D eigenvalue weighted by Gasteiger charge is -1.96. The van der Waals surface area contributed by atoms with Gasteiger partial charge in [0.25, 0.3) is 0 Å². The molecule has 0 unspecified atom stereocenters. The Hall–Kier alpha value is -1.68. The van der Waals surface area contributed by atoms with Crippen LogP contribution in [0.15, 0.2) is 49.9 Å². The fraction of sp³-hybridized carbons (Fsp3) is 0.0769. The normalized spacial score (nSPS) is 10.9. The molecule has 0 aliphatic carbocycles. The molecular formula is C13H9BrO3. The first kappa shape index (κ1) is 10.5. The van der Waals surface area contributed by atoms with Gasteiger partial charge in [0.1, 0.15) is 11.3 Å². The molecule has 0 N–H and O–H groups in total. The van der Waals surface area contributed by atoms with Crippen LogP contribution in [0, 0.1) is 0 Å². The predicted octanol–water partition coefficient (Wildman–Crippen LogP) is 4.46. The zero-order valence-corrected chi connectivity index (χ0v) is 10.7. The molecule has 0 aliphatic heterocycles. The second-order valence-electron chi connectivity index (χ2n) is 3.62. The maximum atomic E-state index is 5.72. The average molecular weight is 293 g/mol. The molecule has 0 bridgehead atoms. The summed E-state index contributed by atoms with van der Waals surface area (Å²) in [5, 5.41) is 1.02. The van der Waals surface area contributed by atoms with Crippen LogP contribution in [0.3, 0.4) is 0 Å². The SMILES string of the molecule is COc1ccc2cc(-c3ccc(Br)o3)oc2c1. The van der Waals surface area contributed by atoms with Crippen molar-refractivity contribution in [3.8, 4) is 17.3 Å². The van der Waals surface area contributed by atoms with Crippen LogP contribution in [0.25, 0.3) is 22.5 Å². The van der Waals surface area contributed by atoms with E-state index in [1.165, 1.54) is 0 Å². The lowest BCUT2D eigenvalue weighted by Crippen LogP contribution is -1.79. The van der Waals surface area contributed by atoms with E-state index in [2.05, 4.69) is 15.9 Å². The first-order chi connectivity index (χ1) is 8.26. The van der Waals surface area contributed by atoms with Crippen LogP contribution in [0.5, 0.6) is 5.75 Å². The summed E-state index contributed by atoms with van der Waals surface area (Å²) in [6, 6.07) is 11.4. The quantitative estimate of drug-likeness (QED) is 0.699. The van der Waals surface area contributed by atoms with Crippen LogP contribution < -0.4 is 4.74 Å². The van der Waals surface area contributed by atoms with E-state index < -0.39 is 0 Å². The molecule has 3 rings (SSSR count). The monoisotopic (exact) mass is 292 g/mol. The van der Waals surface area contributed by atoms with Gasteiger partial charge < -0.3 is 13.6 Å². The van der Waals surface area contributed by atoms with Crippen molar-refractivity contribution in [1.82, 2.24) is 0 Å². The molecule has 4 heteroatoms. The standard InChI is InChI=1S/C13H9BrO3/c1-15-9-3-2-8-6-12(16-11(8)7-9)10-4-5-13(14)17-10/h2-7H,1H3. The van der Waals surface area contributed by atoms with Gasteiger partial charge in [0.05, 0.1) is 7.11 Å². The summed E-state index contributed by atoms with van der Waals surface area (Å²) < 4.78 is 17.0. The summed E-state index contributed by atoms with van der Waals surface area (Å²) in [4.78, 5) is 0. The number of hydrogen-bond acceptors (Lipinski definition) is 3. The van der Waals surface area contributed by atoms with Crippen molar-refractivity contribution < 1.29 is 13.6 Å². The average Bonchev–Trinajstić information content (AvgIpc) is 2.93. The Bertz CT molecular complexity index is 666. The van der Waals surface area contributed by atoms with Gasteiger partial charge in [-0.05, 0) is 46.3 Å². The minimum Gasteiger partial charge on any atom is -0.497 e. The topological polar surface area (TPSA) is 35.5 Å². The number of halogens is 1. The third-order valence-corrected chi connectivity index (χ3v) is 2.97. The maximum Gasteiger partial charge on any atom is 0.170 e. The molecule has 0 amide bonds. The maximum absolute atomic E-state index is 5.72. The highest BCUT2D eigenvalue weighted by Gasteiger charge is 2.10. The zero-order chi connectivity index (χ0) is 11.8. The summed E-state index contributed by atoms with van der Waals surface area (Å²) in [5.41, 5.74) is 0.784. The first-order valence-corrected chi connectivity index (χ1v) is 5.89. The minimum atomic E-state index is 0.686. The van der Waals surface area contributed by atoms with E-state index in [0.29, 0.717) is 16.2 Å². The van der Waals surface area contributed by atoms with Crippen molar-refractivity contribution in [2.75, 3.05) is 7.11 Å². The van der Waals surface area contributed by atoms with Gasteiger partial charge in [-0.25, -0.2) is 0 Å². The van der Waals surface area contributed by atoms with Crippen molar-refractivity contribution in [2.24, 2.45) is 0 Å². The lowest BCUT2D eigenvalue weighted by molar-refractivity contribution is 0.414. The number of hydrogen-bond donors (Lipinski definition) is 0. The van der Waals surface area contributed by atoms with E-state index in [9.17, 15) is 0 Å². The largest absolute Gasteiger partial charge is 0.497 e. The highest BCUT2D eigenvalue weighted by atomic mass is 79.9. The number of methoxy groups -OCH3 is 1. The molecule has 0 saturated carbocycles. The highest BCUT2D eigenvalue weighted by Crippen LogP contribution is 2.32. The molecule has 1 aromatic carbocycles. The highest BCUT2D eigenvalue weighted by molar-refractivity contribution is 9.10. The van der Waals surface area contributed by atoms with Crippen molar-refractivity contribution in [3.63, 3.8) is 0 Å². The van der Waals surface area contributed by atoms with E-state index in [1.807, 2.05) is 36.4 Å². The summed E-state index contributed by atoms with van der Waals surface area (Å²) >= 11 is 3.27. The van der Waals surface area contributed by atoms with Crippen molar-refractivity contribution in [3.05, 3.63) is 41.1 Å². The summed E-state index contributed by atoms with van der Waals surface area (Å²) in [6.45, 7) is 0. The molecule has 2 heterocycles. The van der Waals surface area contributed by atoms with Gasteiger partial charge in [0.2, 0.25) is 0 Å². The molecule has 3 nitrogen and oxygen atoms in total. The van der Waals surface area contributed by atoms with Gasteiger partial charge >= 0.3 is 0 Å². The summed E-state index contributed by atoms with van der Waals surface area (Å²) in [5.74, 6) is 2.19. The van der Waals surface area contributed by atoms with Crippen molar-refractivity contribution >= 4 is 26.9 Å². The molecule has 0 radical (unpaired) electrons. The van der Waals surface area contributed by atoms with Crippen LogP contribution in [-0.2, 0) is 0 Å². The lowest BCUT2D eigenvalue weighted by atomic mass is 10.2. The fourth-order valence-electron chi connectivity index (χ4n) is 1.71. The Morgan fingerprint density at radius 1 is 1.00 bits per heavy atom. The van der Waals surface area contributed by atoms with Gasteiger partial charge in [0.15, 0.2) is 16.2 Å². The summed E-state index contributed by atoms with van der Waals surface area (Å²) in [7, 11) is 1.63. The molecule has 0 saturated heterocycles. The molecule has 0 fully saturated rings. The molecule has 0 spiro atoms. The first-order valence-electron chi connectivity index (χ1n) is 5.09. The molecule has 3 aromatic rings. The Morgan fingerprint density at radius 3 is 2.59 bits per heavy atom. The molecular weight excluding hydrogens is 284 g/mol. The van der Waals surface area contributed by atoms with Crippen LogP contribution >= 0.6 is 15.9 Å². The Balaban J connectivity index is 2.13. The molecule has 0 aliphatic rings. The third kappa shape index (κ3) is 1.85. The van der Waals surface area contributed by atoms with Crippen LogP contribution in [-0.4, -0.2) is 7.11 Å². The number of benzene rings is 1. The van der Waals surface area contributed by atoms with E-state index in [4.69, 9.17) is 13.6 Å². The van der Waals surface area contributed by atoms with Crippen LogP contribution in [0.1, 0.15) is 0 Å². The predicted molar refractivity (Wildman–Crippen MR) is 68.2 cm³/mol. The molecule has 2 aromatic heterocycles. The smallest absolute Gasteiger partial charge is 0.170 e. The van der Waals surface area contributed by atoms with E-state index >= 15 is 0 Å².